The quantitative estimate of drug-likeness (QED) is 0.812. The van der Waals surface area contributed by atoms with Gasteiger partial charge in [-0.2, -0.15) is 0 Å². The van der Waals surface area contributed by atoms with Crippen molar-refractivity contribution in [3.05, 3.63) is 51.2 Å². The summed E-state index contributed by atoms with van der Waals surface area (Å²) in [6.07, 6.45) is 0. The molecule has 6 nitrogen and oxygen atoms in total. The van der Waals surface area contributed by atoms with Crippen LogP contribution in [0.4, 0.5) is 5.69 Å². The van der Waals surface area contributed by atoms with Crippen LogP contribution in [0.1, 0.15) is 28.1 Å². The van der Waals surface area contributed by atoms with Crippen molar-refractivity contribution in [2.75, 3.05) is 11.5 Å². The monoisotopic (exact) mass is 366 g/mol. The number of halogens is 1. The minimum atomic E-state index is -2.20. The van der Waals surface area contributed by atoms with Crippen LogP contribution < -0.4 is 10.6 Å². The Morgan fingerprint density at radius 1 is 1.46 bits per heavy atom. The highest BCUT2D eigenvalue weighted by molar-refractivity contribution is 7.12. The lowest BCUT2D eigenvalue weighted by molar-refractivity contribution is -0.204. The number of primary amides is 1. The Kier molecular flexibility index (Phi) is 4.35. The molecule has 0 bridgehead atoms. The highest BCUT2D eigenvalue weighted by Crippen LogP contribution is 2.48. The van der Waals surface area contributed by atoms with E-state index in [4.69, 9.17) is 22.1 Å². The number of aliphatic hydroxyl groups is 1. The van der Waals surface area contributed by atoms with Gasteiger partial charge in [0.25, 0.3) is 11.8 Å². The average Bonchev–Trinajstić information content (AvgIpc) is 3.10. The van der Waals surface area contributed by atoms with Crippen molar-refractivity contribution in [3.63, 3.8) is 0 Å². The van der Waals surface area contributed by atoms with Crippen molar-refractivity contribution in [2.24, 2.45) is 5.73 Å². The number of rotatable bonds is 4. The number of amides is 2. The van der Waals surface area contributed by atoms with E-state index in [-0.39, 0.29) is 6.61 Å². The zero-order valence-corrected chi connectivity index (χ0v) is 14.3. The molecule has 0 spiro atoms. The van der Waals surface area contributed by atoms with Gasteiger partial charge in [-0.25, -0.2) is 0 Å². The molecule has 0 fully saturated rings. The van der Waals surface area contributed by atoms with Crippen molar-refractivity contribution < 1.29 is 19.4 Å². The van der Waals surface area contributed by atoms with Crippen molar-refractivity contribution in [2.45, 2.75) is 18.8 Å². The molecule has 0 radical (unpaired) electrons. The van der Waals surface area contributed by atoms with Gasteiger partial charge in [-0.3, -0.25) is 14.5 Å². The lowest BCUT2D eigenvalue weighted by Gasteiger charge is -2.35. The highest BCUT2D eigenvalue weighted by atomic mass is 35.5. The summed E-state index contributed by atoms with van der Waals surface area (Å²) >= 11 is 7.24. The molecule has 1 aliphatic rings. The molecule has 8 heteroatoms. The fourth-order valence-corrected chi connectivity index (χ4v) is 3.76. The molecule has 2 heterocycles. The molecule has 1 aromatic heterocycles. The summed E-state index contributed by atoms with van der Waals surface area (Å²) < 4.78 is 5.44. The first kappa shape index (κ1) is 16.9. The number of fused-ring (bicyclic) bond motifs is 1. The zero-order valence-electron chi connectivity index (χ0n) is 12.7. The molecule has 3 rings (SSSR count). The standard InChI is InChI=1S/C16H15ClN2O4S/c1-2-23-16(22)13(14(18)20)10-8-9(17)5-6-11(10)19(16)15(21)12-4-3-7-24-12/h3-8,13,22H,2H2,1H3,(H2,18,20). The Morgan fingerprint density at radius 3 is 2.79 bits per heavy atom. The van der Waals surface area contributed by atoms with Crippen LogP contribution in [0.2, 0.25) is 5.02 Å². The van der Waals surface area contributed by atoms with E-state index in [0.717, 1.165) is 4.90 Å². The van der Waals surface area contributed by atoms with Gasteiger partial charge >= 0.3 is 0 Å². The maximum atomic E-state index is 12.9. The number of thiophene rings is 1. The summed E-state index contributed by atoms with van der Waals surface area (Å²) in [6, 6.07) is 8.01. The second-order valence-corrected chi connectivity index (χ2v) is 6.63. The van der Waals surface area contributed by atoms with Gasteiger partial charge in [0, 0.05) is 11.6 Å². The van der Waals surface area contributed by atoms with E-state index in [1.54, 1.807) is 36.6 Å². The molecular weight excluding hydrogens is 352 g/mol. The fourth-order valence-electron chi connectivity index (χ4n) is 2.93. The third-order valence-corrected chi connectivity index (χ3v) is 4.91. The number of carbonyl (C=O) groups excluding carboxylic acids is 2. The Balaban J connectivity index is 2.21. The SMILES string of the molecule is CCOC1(O)C(C(N)=O)c2cc(Cl)ccc2N1C(=O)c1cccs1. The van der Waals surface area contributed by atoms with Crippen molar-refractivity contribution in [1.29, 1.82) is 0 Å². The Bertz CT molecular complexity index is 795. The maximum absolute atomic E-state index is 12.9. The van der Waals surface area contributed by atoms with Gasteiger partial charge in [0.1, 0.15) is 5.92 Å². The first-order valence-electron chi connectivity index (χ1n) is 7.23. The Labute approximate surface area is 147 Å². The summed E-state index contributed by atoms with van der Waals surface area (Å²) in [6.45, 7) is 1.73. The van der Waals surface area contributed by atoms with Crippen LogP contribution in [0.5, 0.6) is 0 Å². The van der Waals surface area contributed by atoms with E-state index in [1.165, 1.54) is 17.4 Å². The van der Waals surface area contributed by atoms with Gasteiger partial charge < -0.3 is 15.6 Å². The molecule has 1 aliphatic heterocycles. The number of hydrogen-bond acceptors (Lipinski definition) is 5. The molecule has 3 N–H and O–H groups in total. The molecule has 0 aliphatic carbocycles. The number of hydrogen-bond donors (Lipinski definition) is 2. The smallest absolute Gasteiger partial charge is 0.272 e. The molecule has 2 atom stereocenters. The molecule has 0 saturated heterocycles. The van der Waals surface area contributed by atoms with Crippen molar-refractivity contribution >= 4 is 40.4 Å². The van der Waals surface area contributed by atoms with E-state index < -0.39 is 23.6 Å². The van der Waals surface area contributed by atoms with Crippen LogP contribution in [-0.2, 0) is 9.53 Å². The fraction of sp³-hybridized carbons (Fsp3) is 0.250. The van der Waals surface area contributed by atoms with Crippen LogP contribution in [-0.4, -0.2) is 29.4 Å². The maximum Gasteiger partial charge on any atom is 0.272 e. The largest absolute Gasteiger partial charge is 0.369 e. The van der Waals surface area contributed by atoms with Gasteiger partial charge in [-0.15, -0.1) is 11.3 Å². The summed E-state index contributed by atoms with van der Waals surface area (Å²) in [5.74, 6) is -4.73. The van der Waals surface area contributed by atoms with E-state index in [0.29, 0.717) is 21.2 Å². The molecule has 2 aromatic rings. The van der Waals surface area contributed by atoms with Crippen LogP contribution in [0.15, 0.2) is 35.7 Å². The summed E-state index contributed by atoms with van der Waals surface area (Å²) in [5.41, 5.74) is 6.19. The van der Waals surface area contributed by atoms with Crippen LogP contribution in [0, 0.1) is 0 Å². The average molecular weight is 367 g/mol. The first-order chi connectivity index (χ1) is 11.4. The van der Waals surface area contributed by atoms with E-state index in [9.17, 15) is 14.7 Å². The van der Waals surface area contributed by atoms with E-state index >= 15 is 0 Å². The van der Waals surface area contributed by atoms with Gasteiger partial charge in [-0.05, 0) is 42.1 Å². The number of ether oxygens (including phenoxy) is 1. The van der Waals surface area contributed by atoms with E-state index in [2.05, 4.69) is 0 Å². The van der Waals surface area contributed by atoms with Crippen molar-refractivity contribution in [1.82, 2.24) is 0 Å². The molecule has 1 aromatic carbocycles. The van der Waals surface area contributed by atoms with Gasteiger partial charge in [0.2, 0.25) is 5.91 Å². The topological polar surface area (TPSA) is 92.9 Å². The lowest BCUT2D eigenvalue weighted by atomic mass is 9.97. The molecule has 2 unspecified atom stereocenters. The van der Waals surface area contributed by atoms with Crippen molar-refractivity contribution in [3.8, 4) is 0 Å². The normalized spacial score (nSPS) is 22.5. The number of anilines is 1. The third kappa shape index (κ3) is 2.50. The molecular formula is C16H15ClN2O4S. The number of nitrogens with two attached hydrogens (primary N) is 1. The Morgan fingerprint density at radius 2 is 2.21 bits per heavy atom. The predicted molar refractivity (Wildman–Crippen MR) is 91.1 cm³/mol. The molecule has 126 valence electrons. The van der Waals surface area contributed by atoms with Gasteiger partial charge in [0.05, 0.1) is 10.6 Å². The number of carbonyl (C=O) groups is 2. The second kappa shape index (κ2) is 6.18. The van der Waals surface area contributed by atoms with Crippen LogP contribution in [0.25, 0.3) is 0 Å². The molecule has 2 amide bonds. The minimum absolute atomic E-state index is 0.0796. The predicted octanol–water partition coefficient (Wildman–Crippen LogP) is 2.31. The van der Waals surface area contributed by atoms with Gasteiger partial charge in [-0.1, -0.05) is 17.7 Å². The number of benzene rings is 1. The summed E-state index contributed by atoms with van der Waals surface area (Å²) in [7, 11) is 0. The number of nitrogens with zero attached hydrogens (tertiary/aromatic N) is 1. The minimum Gasteiger partial charge on any atom is -0.369 e. The first-order valence-corrected chi connectivity index (χ1v) is 8.49. The van der Waals surface area contributed by atoms with Gasteiger partial charge in [0.15, 0.2) is 0 Å². The van der Waals surface area contributed by atoms with E-state index in [1.807, 2.05) is 0 Å². The highest BCUT2D eigenvalue weighted by Gasteiger charge is 2.57. The third-order valence-electron chi connectivity index (χ3n) is 3.81. The lowest BCUT2D eigenvalue weighted by Crippen LogP contribution is -2.56. The molecule has 0 saturated carbocycles. The summed E-state index contributed by atoms with van der Waals surface area (Å²) in [4.78, 5) is 26.4. The van der Waals surface area contributed by atoms with Crippen LogP contribution in [0.3, 0.4) is 0 Å². The Hall–Kier alpha value is -1.93. The van der Waals surface area contributed by atoms with Crippen LogP contribution >= 0.6 is 22.9 Å². The zero-order chi connectivity index (χ0) is 17.5. The molecule has 24 heavy (non-hydrogen) atoms. The second-order valence-electron chi connectivity index (χ2n) is 5.25. The summed E-state index contributed by atoms with van der Waals surface area (Å²) in [5, 5.41) is 13.2.